The molecule has 1 amide bonds. The van der Waals surface area contributed by atoms with E-state index >= 15 is 0 Å². The van der Waals surface area contributed by atoms with Gasteiger partial charge in [0.05, 0.1) is 19.0 Å². The molecular formula is C25H27N2O6S-. The minimum absolute atomic E-state index is 0.191. The number of hydroxylamine groups is 2. The lowest BCUT2D eigenvalue weighted by Gasteiger charge is -2.35. The van der Waals surface area contributed by atoms with Gasteiger partial charge in [0, 0.05) is 18.5 Å². The molecule has 8 nitrogen and oxygen atoms in total. The summed E-state index contributed by atoms with van der Waals surface area (Å²) in [7, 11) is -3.36. The second-order valence-corrected chi connectivity index (χ2v) is 9.98. The second kappa shape index (κ2) is 12.3. The average molecular weight is 484 g/mol. The number of para-hydroxylation sites is 1. The summed E-state index contributed by atoms with van der Waals surface area (Å²) in [5.74, 6) is 0.325. The molecule has 0 radical (unpaired) electrons. The van der Waals surface area contributed by atoms with Crippen LogP contribution in [0, 0.1) is 5.21 Å². The molecule has 0 heterocycles. The smallest absolute Gasteiger partial charge is 0.243 e. The van der Waals surface area contributed by atoms with E-state index in [1.165, 1.54) is 0 Å². The topological polar surface area (TPSA) is 108 Å². The Bertz CT molecular complexity index is 1140. The Balaban J connectivity index is 1.62. The van der Waals surface area contributed by atoms with Gasteiger partial charge in [-0.3, -0.25) is 4.79 Å². The van der Waals surface area contributed by atoms with Crippen LogP contribution < -0.4 is 10.1 Å². The predicted molar refractivity (Wildman–Crippen MR) is 131 cm³/mol. The van der Waals surface area contributed by atoms with E-state index < -0.39 is 21.8 Å². The predicted octanol–water partition coefficient (Wildman–Crippen LogP) is 3.85. The van der Waals surface area contributed by atoms with Gasteiger partial charge in [-0.2, -0.15) is 0 Å². The quantitative estimate of drug-likeness (QED) is 0.390. The summed E-state index contributed by atoms with van der Waals surface area (Å²) in [5, 5.41) is 15.8. The number of ether oxygens (including phenoxy) is 2. The molecule has 1 unspecified atom stereocenters. The first-order valence-electron chi connectivity index (χ1n) is 10.7. The van der Waals surface area contributed by atoms with E-state index in [1.807, 2.05) is 60.7 Å². The van der Waals surface area contributed by atoms with Crippen LogP contribution in [0.25, 0.3) is 0 Å². The molecule has 0 saturated carbocycles. The normalized spacial score (nSPS) is 12.3. The van der Waals surface area contributed by atoms with Crippen LogP contribution in [0.2, 0.25) is 0 Å². The summed E-state index contributed by atoms with van der Waals surface area (Å²) < 4.78 is 34.3. The number of nitrogens with zero attached hydrogens (tertiary/aromatic N) is 1. The second-order valence-electron chi connectivity index (χ2n) is 7.72. The molecule has 0 aliphatic heterocycles. The number of carbonyl (C=O) groups excluding carboxylic acids is 1. The van der Waals surface area contributed by atoms with E-state index in [1.54, 1.807) is 24.3 Å². The number of sulfone groups is 1. The highest BCUT2D eigenvalue weighted by Gasteiger charge is 2.22. The Morgan fingerprint density at radius 2 is 1.53 bits per heavy atom. The van der Waals surface area contributed by atoms with Gasteiger partial charge in [-0.05, 0) is 42.0 Å². The van der Waals surface area contributed by atoms with Crippen LogP contribution in [-0.2, 0) is 26.0 Å². The van der Waals surface area contributed by atoms with Crippen molar-refractivity contribution in [2.45, 2.75) is 12.6 Å². The molecular weight excluding hydrogens is 456 g/mol. The molecule has 3 aromatic carbocycles. The van der Waals surface area contributed by atoms with Gasteiger partial charge in [-0.15, -0.1) is 0 Å². The fourth-order valence-electron chi connectivity index (χ4n) is 3.02. The fraction of sp³-hybridized carbons (Fsp3) is 0.240. The largest absolute Gasteiger partial charge is 0.785 e. The molecule has 3 rings (SSSR count). The van der Waals surface area contributed by atoms with Crippen LogP contribution in [0.5, 0.6) is 11.5 Å². The first-order valence-corrected chi connectivity index (χ1v) is 12.7. The third-order valence-electron chi connectivity index (χ3n) is 4.82. The molecule has 34 heavy (non-hydrogen) atoms. The van der Waals surface area contributed by atoms with E-state index in [0.717, 1.165) is 11.8 Å². The number of benzene rings is 3. The van der Waals surface area contributed by atoms with Crippen molar-refractivity contribution in [1.82, 2.24) is 5.06 Å². The van der Waals surface area contributed by atoms with Gasteiger partial charge in [-0.25, -0.2) is 8.42 Å². The molecule has 0 aliphatic carbocycles. The molecule has 1 N–H and O–H groups in total. The van der Waals surface area contributed by atoms with Crippen LogP contribution >= 0.6 is 0 Å². The van der Waals surface area contributed by atoms with Crippen LogP contribution in [-0.4, -0.2) is 50.6 Å². The molecule has 1 atom stereocenters. The third-order valence-corrected chi connectivity index (χ3v) is 5.74. The van der Waals surface area contributed by atoms with Gasteiger partial charge in [0.2, 0.25) is 5.91 Å². The summed E-state index contributed by atoms with van der Waals surface area (Å²) >= 11 is 0. The number of hydrogen-bond donors (Lipinski definition) is 1. The summed E-state index contributed by atoms with van der Waals surface area (Å²) in [5.41, 5.74) is 1.36. The summed E-state index contributed by atoms with van der Waals surface area (Å²) in [6, 6.07) is 24.1. The SMILES string of the molecule is CS(=O)(=O)CCN([O-])C(COCc1ccccc1)C(=O)Nc1ccc(Oc2ccccc2)cc1. The minimum atomic E-state index is -3.36. The first-order chi connectivity index (χ1) is 16.3. The lowest BCUT2D eigenvalue weighted by atomic mass is 10.2. The van der Waals surface area contributed by atoms with Crippen molar-refractivity contribution >= 4 is 21.4 Å². The zero-order valence-corrected chi connectivity index (χ0v) is 19.6. The lowest BCUT2D eigenvalue weighted by molar-refractivity contribution is -0.122. The van der Waals surface area contributed by atoms with Crippen molar-refractivity contribution in [2.75, 3.05) is 30.5 Å². The molecule has 3 aromatic rings. The molecule has 0 aliphatic rings. The molecule has 9 heteroatoms. The van der Waals surface area contributed by atoms with Crippen molar-refractivity contribution < 1.29 is 22.7 Å². The van der Waals surface area contributed by atoms with Crippen molar-refractivity contribution in [3.63, 3.8) is 0 Å². The van der Waals surface area contributed by atoms with E-state index in [-0.39, 0.29) is 25.5 Å². The third kappa shape index (κ3) is 8.60. The molecule has 180 valence electrons. The lowest BCUT2D eigenvalue weighted by Crippen LogP contribution is -2.45. The molecule has 0 saturated heterocycles. The van der Waals surface area contributed by atoms with Gasteiger partial charge in [0.1, 0.15) is 27.4 Å². The van der Waals surface area contributed by atoms with Crippen LogP contribution in [0.3, 0.4) is 0 Å². The average Bonchev–Trinajstić information content (AvgIpc) is 2.82. The van der Waals surface area contributed by atoms with Gasteiger partial charge in [-0.1, -0.05) is 48.5 Å². The Labute approximate surface area is 199 Å². The Morgan fingerprint density at radius 3 is 2.15 bits per heavy atom. The van der Waals surface area contributed by atoms with Crippen LogP contribution in [0.1, 0.15) is 5.56 Å². The number of anilines is 1. The zero-order valence-electron chi connectivity index (χ0n) is 18.8. The number of nitrogens with one attached hydrogen (secondary N) is 1. The van der Waals surface area contributed by atoms with Gasteiger partial charge >= 0.3 is 0 Å². The molecule has 0 aromatic heterocycles. The number of amides is 1. The van der Waals surface area contributed by atoms with E-state index in [0.29, 0.717) is 22.2 Å². The van der Waals surface area contributed by atoms with Crippen molar-refractivity contribution in [2.24, 2.45) is 0 Å². The minimum Gasteiger partial charge on any atom is -0.785 e. The van der Waals surface area contributed by atoms with Crippen molar-refractivity contribution in [3.05, 3.63) is 95.7 Å². The van der Waals surface area contributed by atoms with Crippen LogP contribution in [0.4, 0.5) is 5.69 Å². The maximum absolute atomic E-state index is 12.9. The number of hydrogen-bond acceptors (Lipinski definition) is 7. The van der Waals surface area contributed by atoms with Crippen LogP contribution in [0.15, 0.2) is 84.9 Å². The van der Waals surface area contributed by atoms with Crippen molar-refractivity contribution in [3.8, 4) is 11.5 Å². The first kappa shape index (κ1) is 25.4. The highest BCUT2D eigenvalue weighted by Crippen LogP contribution is 2.23. The molecule has 0 bridgehead atoms. The highest BCUT2D eigenvalue weighted by molar-refractivity contribution is 7.90. The maximum Gasteiger partial charge on any atom is 0.243 e. The number of rotatable bonds is 12. The summed E-state index contributed by atoms with van der Waals surface area (Å²) in [6.07, 6.45) is 1.04. The van der Waals surface area contributed by atoms with Gasteiger partial charge in [0.25, 0.3) is 0 Å². The Kier molecular flexibility index (Phi) is 9.17. The summed E-state index contributed by atoms with van der Waals surface area (Å²) in [4.78, 5) is 12.9. The zero-order chi connectivity index (χ0) is 24.4. The van der Waals surface area contributed by atoms with E-state index in [4.69, 9.17) is 9.47 Å². The Morgan fingerprint density at radius 1 is 0.941 bits per heavy atom. The monoisotopic (exact) mass is 483 g/mol. The molecule has 0 fully saturated rings. The Hall–Kier alpha value is -3.24. The standard InChI is InChI=1S/C25H27N2O6S/c1-34(30,31)17-16-27(29)24(19-32-18-20-8-4-2-5-9-20)25(28)26-21-12-14-23(15-13-21)33-22-10-6-3-7-11-22/h2-15,24H,16-19H2,1H3,(H,26,28)/q-1. The van der Waals surface area contributed by atoms with E-state index in [9.17, 15) is 18.4 Å². The highest BCUT2D eigenvalue weighted by atomic mass is 32.2. The fourth-order valence-corrected chi connectivity index (χ4v) is 3.53. The maximum atomic E-state index is 12.9. The number of carbonyl (C=O) groups is 1. The van der Waals surface area contributed by atoms with Gasteiger partial charge < -0.3 is 25.1 Å². The summed E-state index contributed by atoms with van der Waals surface area (Å²) in [6.45, 7) is -0.311. The van der Waals surface area contributed by atoms with E-state index in [2.05, 4.69) is 5.32 Å². The van der Waals surface area contributed by atoms with Gasteiger partial charge in [0.15, 0.2) is 0 Å². The molecule has 0 spiro atoms. The van der Waals surface area contributed by atoms with Crippen molar-refractivity contribution in [1.29, 1.82) is 0 Å².